The van der Waals surface area contributed by atoms with Crippen molar-refractivity contribution in [2.75, 3.05) is 13.1 Å². The van der Waals surface area contributed by atoms with Crippen LogP contribution in [0.5, 0.6) is 0 Å². The molecule has 1 atom stereocenters. The molecule has 3 nitrogen and oxygen atoms in total. The van der Waals surface area contributed by atoms with Gasteiger partial charge in [-0.15, -0.1) is 24.2 Å². The third-order valence-electron chi connectivity index (χ3n) is 3.85. The van der Waals surface area contributed by atoms with E-state index in [0.717, 1.165) is 12.0 Å². The third-order valence-corrected chi connectivity index (χ3v) is 5.15. The van der Waals surface area contributed by atoms with E-state index in [1.165, 1.54) is 10.5 Å². The maximum atomic E-state index is 12.9. The number of thioether (sulfide) groups is 1. The van der Waals surface area contributed by atoms with E-state index in [4.69, 9.17) is 5.73 Å². The van der Waals surface area contributed by atoms with Gasteiger partial charge in [-0.2, -0.15) is 0 Å². The Hall–Kier alpha value is -1.49. The summed E-state index contributed by atoms with van der Waals surface area (Å²) >= 11 is 1.68. The quantitative estimate of drug-likeness (QED) is 0.903. The van der Waals surface area contributed by atoms with Crippen LogP contribution in [0.3, 0.4) is 0 Å². The predicted molar refractivity (Wildman–Crippen MR) is 98.0 cm³/mol. The number of hydrogen-bond acceptors (Lipinski definition) is 3. The summed E-state index contributed by atoms with van der Waals surface area (Å²) in [7, 11) is 0. The maximum absolute atomic E-state index is 12.9. The van der Waals surface area contributed by atoms with Crippen molar-refractivity contribution in [2.45, 2.75) is 23.1 Å². The highest BCUT2D eigenvalue weighted by molar-refractivity contribution is 8.01. The van der Waals surface area contributed by atoms with E-state index in [9.17, 15) is 4.79 Å². The van der Waals surface area contributed by atoms with Gasteiger partial charge < -0.3 is 10.6 Å². The van der Waals surface area contributed by atoms with Crippen LogP contribution in [0.25, 0.3) is 0 Å². The van der Waals surface area contributed by atoms with Gasteiger partial charge in [-0.05, 0) is 23.6 Å². The van der Waals surface area contributed by atoms with Gasteiger partial charge in [0.15, 0.2) is 0 Å². The molecule has 5 heteroatoms. The Bertz CT molecular complexity index is 625. The lowest BCUT2D eigenvalue weighted by Gasteiger charge is -2.25. The molecule has 0 radical (unpaired) electrons. The first-order chi connectivity index (χ1) is 10.8. The standard InChI is InChI=1S/C18H20N2OS.ClH/c19-10-11-20(13-14-6-2-1-3-7-14)18(21)17-12-15-8-4-5-9-16(15)22-17;/h1-9,17H,10-13,19H2;1H. The summed E-state index contributed by atoms with van der Waals surface area (Å²) in [4.78, 5) is 16.0. The van der Waals surface area contributed by atoms with E-state index in [2.05, 4.69) is 12.1 Å². The summed E-state index contributed by atoms with van der Waals surface area (Å²) in [6.07, 6.45) is 0.815. The molecule has 1 amide bonds. The van der Waals surface area contributed by atoms with Crippen LogP contribution in [-0.2, 0) is 17.8 Å². The summed E-state index contributed by atoms with van der Waals surface area (Å²) in [5.74, 6) is 0.190. The van der Waals surface area contributed by atoms with Crippen molar-refractivity contribution in [3.63, 3.8) is 0 Å². The average Bonchev–Trinajstić information content (AvgIpc) is 2.99. The highest BCUT2D eigenvalue weighted by Crippen LogP contribution is 2.37. The summed E-state index contributed by atoms with van der Waals surface area (Å²) in [6, 6.07) is 18.4. The van der Waals surface area contributed by atoms with Gasteiger partial charge in [-0.3, -0.25) is 4.79 Å². The zero-order chi connectivity index (χ0) is 15.4. The van der Waals surface area contributed by atoms with Gasteiger partial charge in [0.1, 0.15) is 0 Å². The molecule has 0 aromatic heterocycles. The van der Waals surface area contributed by atoms with Crippen LogP contribution in [0, 0.1) is 0 Å². The molecule has 2 N–H and O–H groups in total. The predicted octanol–water partition coefficient (Wildman–Crippen LogP) is 3.11. The molecule has 3 rings (SSSR count). The van der Waals surface area contributed by atoms with Gasteiger partial charge in [0.25, 0.3) is 0 Å². The number of halogens is 1. The van der Waals surface area contributed by atoms with Gasteiger partial charge in [-0.25, -0.2) is 0 Å². The molecule has 0 spiro atoms. The maximum Gasteiger partial charge on any atom is 0.236 e. The van der Waals surface area contributed by atoms with E-state index < -0.39 is 0 Å². The van der Waals surface area contributed by atoms with Gasteiger partial charge in [0.2, 0.25) is 5.91 Å². The Morgan fingerprint density at radius 2 is 1.83 bits per heavy atom. The Balaban J connectivity index is 0.00000192. The Morgan fingerprint density at radius 1 is 1.13 bits per heavy atom. The van der Waals surface area contributed by atoms with Gasteiger partial charge in [0, 0.05) is 24.5 Å². The summed E-state index contributed by atoms with van der Waals surface area (Å²) < 4.78 is 0. The Labute approximate surface area is 147 Å². The first-order valence-corrected chi connectivity index (χ1v) is 8.43. The highest BCUT2D eigenvalue weighted by Gasteiger charge is 2.31. The topological polar surface area (TPSA) is 46.3 Å². The second-order valence-electron chi connectivity index (χ2n) is 5.45. The van der Waals surface area contributed by atoms with Crippen LogP contribution in [0.2, 0.25) is 0 Å². The number of nitrogens with two attached hydrogens (primary N) is 1. The number of carbonyl (C=O) groups excluding carboxylic acids is 1. The van der Waals surface area contributed by atoms with Crippen molar-refractivity contribution < 1.29 is 4.79 Å². The van der Waals surface area contributed by atoms with Crippen molar-refractivity contribution in [3.8, 4) is 0 Å². The molecular weight excluding hydrogens is 328 g/mol. The summed E-state index contributed by atoms with van der Waals surface area (Å²) in [5, 5.41) is -0.0207. The van der Waals surface area contributed by atoms with Crippen LogP contribution in [-0.4, -0.2) is 29.1 Å². The summed E-state index contributed by atoms with van der Waals surface area (Å²) in [5.41, 5.74) is 8.12. The van der Waals surface area contributed by atoms with Crippen LogP contribution < -0.4 is 5.73 Å². The molecule has 0 bridgehead atoms. The van der Waals surface area contributed by atoms with Crippen molar-refractivity contribution in [3.05, 3.63) is 65.7 Å². The average molecular weight is 349 g/mol. The van der Waals surface area contributed by atoms with E-state index in [0.29, 0.717) is 19.6 Å². The molecule has 0 aliphatic carbocycles. The van der Waals surface area contributed by atoms with Crippen molar-refractivity contribution in [1.29, 1.82) is 0 Å². The number of fused-ring (bicyclic) bond motifs is 1. The van der Waals surface area contributed by atoms with Crippen LogP contribution >= 0.6 is 24.2 Å². The fourth-order valence-electron chi connectivity index (χ4n) is 2.75. The molecule has 0 saturated heterocycles. The number of benzene rings is 2. The molecule has 0 fully saturated rings. The first-order valence-electron chi connectivity index (χ1n) is 7.55. The second-order valence-corrected chi connectivity index (χ2v) is 6.70. The highest BCUT2D eigenvalue weighted by atomic mass is 35.5. The van der Waals surface area contributed by atoms with E-state index >= 15 is 0 Å². The monoisotopic (exact) mass is 348 g/mol. The lowest BCUT2D eigenvalue weighted by atomic mass is 10.1. The van der Waals surface area contributed by atoms with Crippen LogP contribution in [0.15, 0.2) is 59.5 Å². The van der Waals surface area contributed by atoms with Crippen LogP contribution in [0.4, 0.5) is 0 Å². The van der Waals surface area contributed by atoms with Gasteiger partial charge in [0.05, 0.1) is 5.25 Å². The largest absolute Gasteiger partial charge is 0.336 e. The number of amides is 1. The lowest BCUT2D eigenvalue weighted by Crippen LogP contribution is -2.40. The normalized spacial score (nSPS) is 15.6. The van der Waals surface area contributed by atoms with E-state index in [-0.39, 0.29) is 23.6 Å². The zero-order valence-electron chi connectivity index (χ0n) is 12.9. The fraction of sp³-hybridized carbons (Fsp3) is 0.278. The molecule has 23 heavy (non-hydrogen) atoms. The molecule has 2 aromatic carbocycles. The fourth-order valence-corrected chi connectivity index (χ4v) is 4.03. The molecule has 1 aliphatic heterocycles. The first kappa shape index (κ1) is 17.9. The van der Waals surface area contributed by atoms with E-state index in [1.54, 1.807) is 11.8 Å². The van der Waals surface area contributed by atoms with Crippen molar-refractivity contribution >= 4 is 30.1 Å². The zero-order valence-corrected chi connectivity index (χ0v) is 14.5. The second kappa shape index (κ2) is 8.39. The number of carbonyl (C=O) groups is 1. The van der Waals surface area contributed by atoms with Crippen molar-refractivity contribution in [2.24, 2.45) is 5.73 Å². The van der Waals surface area contributed by atoms with Crippen molar-refractivity contribution in [1.82, 2.24) is 4.90 Å². The molecular formula is C18H21ClN2OS. The molecule has 122 valence electrons. The SMILES string of the molecule is Cl.NCCN(Cc1ccccc1)C(=O)C1Cc2ccccc2S1. The van der Waals surface area contributed by atoms with E-state index in [1.807, 2.05) is 47.4 Å². The molecule has 2 aromatic rings. The number of nitrogens with zero attached hydrogens (tertiary/aromatic N) is 1. The summed E-state index contributed by atoms with van der Waals surface area (Å²) in [6.45, 7) is 1.72. The smallest absolute Gasteiger partial charge is 0.236 e. The number of hydrogen-bond donors (Lipinski definition) is 1. The molecule has 1 unspecified atom stereocenters. The minimum Gasteiger partial charge on any atom is -0.336 e. The minimum atomic E-state index is -0.0207. The Morgan fingerprint density at radius 3 is 2.52 bits per heavy atom. The molecule has 1 aliphatic rings. The number of rotatable bonds is 5. The lowest BCUT2D eigenvalue weighted by molar-refractivity contribution is -0.131. The Kier molecular flexibility index (Phi) is 6.51. The van der Waals surface area contributed by atoms with Gasteiger partial charge in [-0.1, -0.05) is 48.5 Å². The van der Waals surface area contributed by atoms with Crippen LogP contribution in [0.1, 0.15) is 11.1 Å². The molecule has 1 heterocycles. The third kappa shape index (κ3) is 4.28. The van der Waals surface area contributed by atoms with Gasteiger partial charge >= 0.3 is 0 Å². The minimum absolute atomic E-state index is 0. The molecule has 0 saturated carbocycles.